The molecule has 0 aromatic rings. The molecule has 0 aliphatic heterocycles. The minimum absolute atomic E-state index is 0.195. The molecule has 0 heterocycles. The number of unbranched alkanes of at least 4 members (excludes halogenated alkanes) is 18. The molecule has 41 heavy (non-hydrogen) atoms. The summed E-state index contributed by atoms with van der Waals surface area (Å²) in [6.07, 6.45) is 29.7. The van der Waals surface area contributed by atoms with E-state index in [1.54, 1.807) is 6.08 Å². The summed E-state index contributed by atoms with van der Waals surface area (Å²) in [5.74, 6) is -1.58. The standard InChI is InChI=1S/C33H63NO6S/c1-3-5-7-9-11-13-14-15-16-17-18-19-20-22-23-25-27-31(35)30(29-41(38,39)40)34-33(37)32(36)28-26-24-21-12-10-8-6-4-2/h21,24-25,27,30-32,35-36H,3-20,22-23,26,28-29H2,1-2H3,(H,34,37)(H,38,39,40)/b24-21-,27-25+. The van der Waals surface area contributed by atoms with Crippen LogP contribution in [0.25, 0.3) is 0 Å². The van der Waals surface area contributed by atoms with Gasteiger partial charge in [-0.1, -0.05) is 141 Å². The van der Waals surface area contributed by atoms with Crippen LogP contribution in [0.4, 0.5) is 0 Å². The van der Waals surface area contributed by atoms with Gasteiger partial charge in [0.2, 0.25) is 5.91 Å². The number of carbonyl (C=O) groups is 1. The molecule has 0 aliphatic rings. The fraction of sp³-hybridized carbons (Fsp3) is 0.848. The molecule has 0 aliphatic carbocycles. The van der Waals surface area contributed by atoms with Crippen LogP contribution in [-0.4, -0.2) is 53.1 Å². The normalized spacial score (nSPS) is 14.6. The first-order chi connectivity index (χ1) is 19.7. The van der Waals surface area contributed by atoms with Crippen molar-refractivity contribution in [2.24, 2.45) is 0 Å². The summed E-state index contributed by atoms with van der Waals surface area (Å²) in [5.41, 5.74) is 0. The zero-order chi connectivity index (χ0) is 30.6. The highest BCUT2D eigenvalue weighted by atomic mass is 32.2. The summed E-state index contributed by atoms with van der Waals surface area (Å²) in [7, 11) is -4.44. The smallest absolute Gasteiger partial charge is 0.267 e. The maximum Gasteiger partial charge on any atom is 0.267 e. The molecule has 0 saturated carbocycles. The first-order valence-corrected chi connectivity index (χ1v) is 18.3. The summed E-state index contributed by atoms with van der Waals surface area (Å²) < 4.78 is 32.2. The van der Waals surface area contributed by atoms with Crippen LogP contribution in [0.2, 0.25) is 0 Å². The van der Waals surface area contributed by atoms with Crippen LogP contribution in [0.15, 0.2) is 24.3 Å². The molecule has 0 bridgehead atoms. The third kappa shape index (κ3) is 27.4. The van der Waals surface area contributed by atoms with Crippen LogP contribution >= 0.6 is 0 Å². The molecule has 3 unspecified atom stereocenters. The molecule has 7 nitrogen and oxygen atoms in total. The maximum atomic E-state index is 12.4. The molecule has 0 aromatic heterocycles. The Labute approximate surface area is 252 Å². The van der Waals surface area contributed by atoms with Crippen molar-refractivity contribution in [2.45, 2.75) is 173 Å². The lowest BCUT2D eigenvalue weighted by molar-refractivity contribution is -0.130. The minimum Gasteiger partial charge on any atom is -0.387 e. The van der Waals surface area contributed by atoms with Gasteiger partial charge in [0, 0.05) is 0 Å². The average Bonchev–Trinajstić information content (AvgIpc) is 2.92. The Bertz CT molecular complexity index is 768. The summed E-state index contributed by atoms with van der Waals surface area (Å²) >= 11 is 0. The molecule has 4 N–H and O–H groups in total. The van der Waals surface area contributed by atoms with Crippen molar-refractivity contribution >= 4 is 16.0 Å². The number of aliphatic hydroxyl groups excluding tert-OH is 2. The number of nitrogens with one attached hydrogen (secondary N) is 1. The van der Waals surface area contributed by atoms with Crippen molar-refractivity contribution in [3.63, 3.8) is 0 Å². The zero-order valence-electron chi connectivity index (χ0n) is 26.3. The van der Waals surface area contributed by atoms with Crippen molar-refractivity contribution in [3.05, 3.63) is 24.3 Å². The van der Waals surface area contributed by atoms with Gasteiger partial charge >= 0.3 is 0 Å². The number of hydrogen-bond acceptors (Lipinski definition) is 5. The summed E-state index contributed by atoms with van der Waals surface area (Å²) in [6.45, 7) is 4.42. The highest BCUT2D eigenvalue weighted by Gasteiger charge is 2.27. The molecule has 0 spiro atoms. The van der Waals surface area contributed by atoms with E-state index in [1.807, 2.05) is 12.2 Å². The number of rotatable bonds is 29. The molecule has 8 heteroatoms. The first-order valence-electron chi connectivity index (χ1n) is 16.6. The molecule has 0 saturated heterocycles. The van der Waals surface area contributed by atoms with E-state index in [-0.39, 0.29) is 6.42 Å². The topological polar surface area (TPSA) is 124 Å². The van der Waals surface area contributed by atoms with Gasteiger partial charge in [-0.3, -0.25) is 9.35 Å². The molecule has 0 radical (unpaired) electrons. The first kappa shape index (κ1) is 39.8. The summed E-state index contributed by atoms with van der Waals surface area (Å²) in [6, 6.07) is -1.24. The highest BCUT2D eigenvalue weighted by Crippen LogP contribution is 2.14. The van der Waals surface area contributed by atoms with Gasteiger partial charge in [0.1, 0.15) is 6.10 Å². The fourth-order valence-electron chi connectivity index (χ4n) is 4.87. The molecule has 0 aromatic carbocycles. The number of allylic oxidation sites excluding steroid dienone is 3. The second-order valence-corrected chi connectivity index (χ2v) is 13.1. The largest absolute Gasteiger partial charge is 0.387 e. The number of carbonyl (C=O) groups excluding carboxylic acids is 1. The second kappa shape index (κ2) is 27.6. The molecular weight excluding hydrogens is 538 g/mol. The van der Waals surface area contributed by atoms with Gasteiger partial charge in [0.05, 0.1) is 17.9 Å². The molecule has 3 atom stereocenters. The van der Waals surface area contributed by atoms with Gasteiger partial charge in [0.25, 0.3) is 10.1 Å². The van der Waals surface area contributed by atoms with Gasteiger partial charge in [0.15, 0.2) is 0 Å². The van der Waals surface area contributed by atoms with E-state index in [0.717, 1.165) is 32.1 Å². The Hall–Kier alpha value is -1.22. The highest BCUT2D eigenvalue weighted by molar-refractivity contribution is 7.85. The molecule has 242 valence electrons. The summed E-state index contributed by atoms with van der Waals surface area (Å²) in [4.78, 5) is 12.4. The van der Waals surface area contributed by atoms with Crippen LogP contribution < -0.4 is 5.32 Å². The third-order valence-corrected chi connectivity index (χ3v) is 8.27. The van der Waals surface area contributed by atoms with Gasteiger partial charge in [-0.15, -0.1) is 0 Å². The van der Waals surface area contributed by atoms with Crippen LogP contribution in [0.1, 0.15) is 155 Å². The predicted molar refractivity (Wildman–Crippen MR) is 172 cm³/mol. The van der Waals surface area contributed by atoms with Crippen LogP contribution in [0.5, 0.6) is 0 Å². The van der Waals surface area contributed by atoms with Gasteiger partial charge in [-0.25, -0.2) is 0 Å². The van der Waals surface area contributed by atoms with Crippen LogP contribution in [0.3, 0.4) is 0 Å². The molecule has 0 fully saturated rings. The Morgan fingerprint density at radius 3 is 1.56 bits per heavy atom. The molecule has 1 amide bonds. The second-order valence-electron chi connectivity index (χ2n) is 11.6. The Kier molecular flexibility index (Phi) is 26.8. The van der Waals surface area contributed by atoms with Crippen LogP contribution in [-0.2, 0) is 14.9 Å². The van der Waals surface area contributed by atoms with E-state index < -0.39 is 40.0 Å². The van der Waals surface area contributed by atoms with E-state index in [9.17, 15) is 28.0 Å². The maximum absolute atomic E-state index is 12.4. The quantitative estimate of drug-likeness (QED) is 0.0394. The van der Waals surface area contributed by atoms with Crippen molar-refractivity contribution < 1.29 is 28.0 Å². The predicted octanol–water partition coefficient (Wildman–Crippen LogP) is 7.82. The van der Waals surface area contributed by atoms with Gasteiger partial charge in [-0.2, -0.15) is 8.42 Å². The Morgan fingerprint density at radius 2 is 1.07 bits per heavy atom. The lowest BCUT2D eigenvalue weighted by atomic mass is 10.0. The van der Waals surface area contributed by atoms with Crippen molar-refractivity contribution in [3.8, 4) is 0 Å². The number of hydrogen-bond donors (Lipinski definition) is 4. The molecule has 0 rings (SSSR count). The van der Waals surface area contributed by atoms with Gasteiger partial charge in [-0.05, 0) is 38.5 Å². The number of aliphatic hydroxyl groups is 2. The van der Waals surface area contributed by atoms with E-state index >= 15 is 0 Å². The summed E-state index contributed by atoms with van der Waals surface area (Å²) in [5, 5.41) is 23.1. The van der Waals surface area contributed by atoms with Crippen LogP contribution in [0, 0.1) is 0 Å². The fourth-order valence-corrected chi connectivity index (χ4v) is 5.60. The lowest BCUT2D eigenvalue weighted by Gasteiger charge is -2.22. The lowest BCUT2D eigenvalue weighted by Crippen LogP contribution is -2.50. The monoisotopic (exact) mass is 601 g/mol. The van der Waals surface area contributed by atoms with E-state index in [0.29, 0.717) is 6.42 Å². The SMILES string of the molecule is CCCCCC/C=C\CCC(O)C(=O)NC(CS(=O)(=O)O)C(O)/C=C/CCCCCCCCCCCCCCCC. The third-order valence-electron chi connectivity index (χ3n) is 7.49. The average molecular weight is 602 g/mol. The Morgan fingerprint density at radius 1 is 0.659 bits per heavy atom. The minimum atomic E-state index is -4.44. The van der Waals surface area contributed by atoms with E-state index in [4.69, 9.17) is 0 Å². The van der Waals surface area contributed by atoms with Gasteiger partial charge < -0.3 is 15.5 Å². The van der Waals surface area contributed by atoms with E-state index in [1.165, 1.54) is 102 Å². The molecular formula is C33H63NO6S. The van der Waals surface area contributed by atoms with E-state index in [2.05, 4.69) is 19.2 Å². The number of amides is 1. The zero-order valence-corrected chi connectivity index (χ0v) is 27.1. The van der Waals surface area contributed by atoms with Crippen molar-refractivity contribution in [2.75, 3.05) is 5.75 Å². The Balaban J connectivity index is 4.18. The van der Waals surface area contributed by atoms with Crippen molar-refractivity contribution in [1.82, 2.24) is 5.32 Å². The van der Waals surface area contributed by atoms with Crippen molar-refractivity contribution in [1.29, 1.82) is 0 Å².